The van der Waals surface area contributed by atoms with Gasteiger partial charge in [-0.2, -0.15) is 13.8 Å². The fourth-order valence-electron chi connectivity index (χ4n) is 2.42. The van der Waals surface area contributed by atoms with E-state index in [2.05, 4.69) is 10.3 Å². The van der Waals surface area contributed by atoms with Crippen LogP contribution in [0.5, 0.6) is 0 Å². The van der Waals surface area contributed by atoms with E-state index in [9.17, 15) is 13.6 Å². The molecule has 0 atom stereocenters. The van der Waals surface area contributed by atoms with E-state index >= 15 is 0 Å². The molecule has 2 rings (SSSR count). The molecule has 1 fully saturated rings. The maximum atomic E-state index is 14.0. The molecule has 0 spiro atoms. The topological polar surface area (TPSA) is 69.7 Å². The first-order chi connectivity index (χ1) is 12.7. The molecule has 0 aliphatic carbocycles. The van der Waals surface area contributed by atoms with Crippen LogP contribution in [0.4, 0.5) is 13.6 Å². The molecular weight excluding hydrogens is 369 g/mol. The molecule has 1 amide bonds. The lowest BCUT2D eigenvalue weighted by atomic mass is 9.77. The van der Waals surface area contributed by atoms with Gasteiger partial charge in [0.25, 0.3) is 0 Å². The van der Waals surface area contributed by atoms with Crippen molar-refractivity contribution in [3.8, 4) is 0 Å². The van der Waals surface area contributed by atoms with Crippen LogP contribution in [-0.4, -0.2) is 41.5 Å². The van der Waals surface area contributed by atoms with E-state index in [1.165, 1.54) is 12.1 Å². The molecule has 28 heavy (non-hydrogen) atoms. The number of amides is 1. The van der Waals surface area contributed by atoms with Gasteiger partial charge >= 0.3 is 13.2 Å². The molecule has 1 aliphatic rings. The number of rotatable bonds is 4. The summed E-state index contributed by atoms with van der Waals surface area (Å²) in [7, 11) is -0.829. The number of pyridine rings is 1. The van der Waals surface area contributed by atoms with Crippen LogP contribution in [-0.2, 0) is 14.0 Å². The number of hydrogen-bond acceptors (Lipinski definition) is 5. The van der Waals surface area contributed by atoms with E-state index in [0.717, 1.165) is 6.07 Å². The minimum absolute atomic E-state index is 0.0114. The number of nitrogens with zero attached hydrogens (tertiary/aromatic N) is 1. The first-order valence-electron chi connectivity index (χ1n) is 9.05. The Kier molecular flexibility index (Phi) is 6.20. The summed E-state index contributed by atoms with van der Waals surface area (Å²) in [5.41, 5.74) is -1.41. The average Bonchev–Trinajstić information content (AvgIpc) is 2.71. The summed E-state index contributed by atoms with van der Waals surface area (Å²) >= 11 is 0. The van der Waals surface area contributed by atoms with Gasteiger partial charge in [0.1, 0.15) is 5.60 Å². The number of carbonyl (C=O) groups is 1. The lowest BCUT2D eigenvalue weighted by Crippen LogP contribution is -2.41. The Morgan fingerprint density at radius 2 is 1.79 bits per heavy atom. The lowest BCUT2D eigenvalue weighted by Gasteiger charge is -2.32. The summed E-state index contributed by atoms with van der Waals surface area (Å²) in [5, 5.41) is 2.62. The monoisotopic (exact) mass is 396 g/mol. The summed E-state index contributed by atoms with van der Waals surface area (Å²) in [6.45, 7) is 12.8. The molecule has 0 unspecified atom stereocenters. The first-order valence-corrected chi connectivity index (χ1v) is 9.05. The van der Waals surface area contributed by atoms with Crippen molar-refractivity contribution >= 4 is 19.3 Å². The molecule has 1 N–H and O–H groups in total. The van der Waals surface area contributed by atoms with Crippen molar-refractivity contribution in [1.29, 1.82) is 0 Å². The fourth-order valence-corrected chi connectivity index (χ4v) is 2.42. The fraction of sp³-hybridized carbons (Fsp3) is 0.579. The second-order valence-electron chi connectivity index (χ2n) is 8.68. The number of alkyl carbamates (subject to hydrolysis) is 1. The summed E-state index contributed by atoms with van der Waals surface area (Å²) in [6.07, 6.45) is 0.800. The van der Waals surface area contributed by atoms with E-state index in [1.54, 1.807) is 20.8 Å². The minimum atomic E-state index is -0.966. The average molecular weight is 396 g/mol. The van der Waals surface area contributed by atoms with Crippen LogP contribution in [0.3, 0.4) is 0 Å². The molecule has 6 nitrogen and oxygen atoms in total. The highest BCUT2D eigenvalue weighted by Crippen LogP contribution is 2.38. The zero-order valence-electron chi connectivity index (χ0n) is 17.4. The molecule has 0 bridgehead atoms. The Hall–Kier alpha value is -2.00. The third-order valence-corrected chi connectivity index (χ3v) is 4.58. The van der Waals surface area contributed by atoms with Gasteiger partial charge in [-0.15, -0.1) is 0 Å². The van der Waals surface area contributed by atoms with Gasteiger partial charge in [0.2, 0.25) is 11.9 Å². The van der Waals surface area contributed by atoms with Gasteiger partial charge < -0.3 is 19.4 Å². The van der Waals surface area contributed by atoms with Crippen LogP contribution >= 0.6 is 0 Å². The second kappa shape index (κ2) is 7.79. The van der Waals surface area contributed by atoms with Crippen molar-refractivity contribution in [2.24, 2.45) is 0 Å². The maximum Gasteiger partial charge on any atom is 0.492 e. The highest BCUT2D eigenvalue weighted by atomic mass is 19.1. The first kappa shape index (κ1) is 22.3. The van der Waals surface area contributed by atoms with Gasteiger partial charge in [0, 0.05) is 12.1 Å². The zero-order chi connectivity index (χ0) is 21.3. The Bertz CT molecular complexity index is 760. The SMILES string of the molecule is CC(C)(C)OC(=O)NCC(=Cc1ccc(F)nc1F)B1OC(C)(C)C(C)(C)O1. The van der Waals surface area contributed by atoms with Crippen molar-refractivity contribution in [3.63, 3.8) is 0 Å². The third-order valence-electron chi connectivity index (χ3n) is 4.58. The molecular formula is C19H27BF2N2O4. The predicted molar refractivity (Wildman–Crippen MR) is 102 cm³/mol. The van der Waals surface area contributed by atoms with E-state index in [1.807, 2.05) is 27.7 Å². The number of nitrogens with one attached hydrogen (secondary N) is 1. The maximum absolute atomic E-state index is 14.0. The molecule has 154 valence electrons. The van der Waals surface area contributed by atoms with Crippen molar-refractivity contribution in [2.45, 2.75) is 65.3 Å². The summed E-state index contributed by atoms with van der Waals surface area (Å²) in [5.74, 6) is -1.88. The Morgan fingerprint density at radius 3 is 2.29 bits per heavy atom. The van der Waals surface area contributed by atoms with Gasteiger partial charge in [0.15, 0.2) is 0 Å². The van der Waals surface area contributed by atoms with Crippen molar-refractivity contribution in [2.75, 3.05) is 6.54 Å². The smallest absolute Gasteiger partial charge is 0.444 e. The van der Waals surface area contributed by atoms with E-state index in [-0.39, 0.29) is 12.1 Å². The highest BCUT2D eigenvalue weighted by Gasteiger charge is 2.52. The summed E-state index contributed by atoms with van der Waals surface area (Å²) in [4.78, 5) is 15.2. The van der Waals surface area contributed by atoms with Crippen LogP contribution in [0, 0.1) is 11.9 Å². The van der Waals surface area contributed by atoms with Crippen LogP contribution < -0.4 is 5.32 Å². The van der Waals surface area contributed by atoms with E-state index in [0.29, 0.717) is 5.47 Å². The minimum Gasteiger partial charge on any atom is -0.444 e. The summed E-state index contributed by atoms with van der Waals surface area (Å²) in [6, 6.07) is 2.31. The van der Waals surface area contributed by atoms with Crippen LogP contribution in [0.25, 0.3) is 6.08 Å². The normalized spacial score (nSPS) is 18.9. The van der Waals surface area contributed by atoms with Crippen LogP contribution in [0.2, 0.25) is 0 Å². The summed E-state index contributed by atoms with van der Waals surface area (Å²) < 4.78 is 44.4. The number of aromatic nitrogens is 1. The van der Waals surface area contributed by atoms with Gasteiger partial charge in [0.05, 0.1) is 11.2 Å². The second-order valence-corrected chi connectivity index (χ2v) is 8.68. The highest BCUT2D eigenvalue weighted by molar-refractivity contribution is 6.56. The van der Waals surface area contributed by atoms with Gasteiger partial charge in [-0.3, -0.25) is 0 Å². The molecule has 0 aromatic carbocycles. The van der Waals surface area contributed by atoms with Gasteiger partial charge in [-0.25, -0.2) is 4.79 Å². The number of ether oxygens (including phenoxy) is 1. The Balaban J connectivity index is 2.28. The molecule has 1 aromatic heterocycles. The molecule has 9 heteroatoms. The van der Waals surface area contributed by atoms with E-state index in [4.69, 9.17) is 14.0 Å². The molecule has 0 saturated carbocycles. The third kappa shape index (κ3) is 5.51. The molecule has 0 radical (unpaired) electrons. The number of carbonyl (C=O) groups excluding carboxylic acids is 1. The number of hydrogen-bond donors (Lipinski definition) is 1. The van der Waals surface area contributed by atoms with Crippen LogP contribution in [0.1, 0.15) is 54.0 Å². The van der Waals surface area contributed by atoms with Crippen molar-refractivity contribution < 1.29 is 27.6 Å². The van der Waals surface area contributed by atoms with E-state index < -0.39 is 41.9 Å². The molecule has 1 aromatic rings. The standard InChI is InChI=1S/C19H27BF2N2O4/c1-17(2,3)26-16(25)23-11-13(10-12-8-9-14(21)24-15(12)22)20-27-18(4,5)19(6,7)28-20/h8-10H,11H2,1-7H3,(H,23,25). The number of halogens is 2. The quantitative estimate of drug-likeness (QED) is 0.618. The Morgan fingerprint density at radius 1 is 1.21 bits per heavy atom. The molecule has 1 aliphatic heterocycles. The largest absolute Gasteiger partial charge is 0.492 e. The molecule has 2 heterocycles. The lowest BCUT2D eigenvalue weighted by molar-refractivity contribution is 0.00578. The van der Waals surface area contributed by atoms with Crippen LogP contribution in [0.15, 0.2) is 17.6 Å². The molecule has 1 saturated heterocycles. The van der Waals surface area contributed by atoms with Crippen molar-refractivity contribution in [3.05, 3.63) is 35.1 Å². The van der Waals surface area contributed by atoms with Gasteiger partial charge in [-0.1, -0.05) is 6.08 Å². The van der Waals surface area contributed by atoms with Gasteiger partial charge in [-0.05, 0) is 66.1 Å². The zero-order valence-corrected chi connectivity index (χ0v) is 17.4. The Labute approximate surface area is 164 Å². The van der Waals surface area contributed by atoms with Crippen molar-refractivity contribution in [1.82, 2.24) is 10.3 Å². The predicted octanol–water partition coefficient (Wildman–Crippen LogP) is 3.90.